The van der Waals surface area contributed by atoms with Crippen molar-refractivity contribution in [1.29, 1.82) is 0 Å². The number of aromatic nitrogens is 4. The van der Waals surface area contributed by atoms with Gasteiger partial charge in [-0.3, -0.25) is 9.48 Å². The van der Waals surface area contributed by atoms with Crippen LogP contribution in [0.1, 0.15) is 23.3 Å². The molecule has 0 aliphatic carbocycles. The molecule has 3 heterocycles. The summed E-state index contributed by atoms with van der Waals surface area (Å²) >= 11 is 0. The lowest BCUT2D eigenvalue weighted by Gasteiger charge is -2.15. The number of alkyl halides is 2. The van der Waals surface area contributed by atoms with Crippen LogP contribution < -0.4 is 15.0 Å². The number of amides is 1. The number of hydrogen-bond acceptors (Lipinski definition) is 6. The summed E-state index contributed by atoms with van der Waals surface area (Å²) in [6, 6.07) is 2.89. The molecule has 4 rings (SSSR count). The van der Waals surface area contributed by atoms with Crippen LogP contribution in [0, 0.1) is 0 Å². The second-order valence-electron chi connectivity index (χ2n) is 6.50. The predicted molar refractivity (Wildman–Crippen MR) is 98.8 cm³/mol. The molecule has 1 aliphatic heterocycles. The molecule has 1 amide bonds. The minimum absolute atomic E-state index is 0.0808. The summed E-state index contributed by atoms with van der Waals surface area (Å²) in [6.07, 6.45) is 6.84. The van der Waals surface area contributed by atoms with Gasteiger partial charge in [0, 0.05) is 37.8 Å². The van der Waals surface area contributed by atoms with Crippen molar-refractivity contribution in [2.75, 3.05) is 23.3 Å². The lowest BCUT2D eigenvalue weighted by Crippen LogP contribution is -2.20. The van der Waals surface area contributed by atoms with Crippen molar-refractivity contribution < 1.29 is 18.3 Å². The highest BCUT2D eigenvalue weighted by Crippen LogP contribution is 2.31. The van der Waals surface area contributed by atoms with Gasteiger partial charge in [-0.25, -0.2) is 9.97 Å². The van der Waals surface area contributed by atoms with Gasteiger partial charge in [-0.1, -0.05) is 0 Å². The van der Waals surface area contributed by atoms with E-state index in [9.17, 15) is 13.6 Å². The number of aryl methyl sites for hydroxylation is 1. The van der Waals surface area contributed by atoms with E-state index in [1.54, 1.807) is 24.1 Å². The van der Waals surface area contributed by atoms with Crippen LogP contribution in [0.3, 0.4) is 0 Å². The number of benzene rings is 1. The van der Waals surface area contributed by atoms with Gasteiger partial charge in [-0.05, 0) is 18.9 Å². The van der Waals surface area contributed by atoms with Crippen molar-refractivity contribution >= 4 is 28.3 Å². The highest BCUT2D eigenvalue weighted by atomic mass is 19.3. The number of carbonyl (C=O) groups is 1. The monoisotopic (exact) mass is 388 g/mol. The Morgan fingerprint density at radius 2 is 2.00 bits per heavy atom. The summed E-state index contributed by atoms with van der Waals surface area (Å²) in [6.45, 7) is -1.20. The molecule has 0 spiro atoms. The quantitative estimate of drug-likeness (QED) is 0.724. The number of nitrogens with one attached hydrogen (secondary N) is 1. The van der Waals surface area contributed by atoms with Crippen molar-refractivity contribution in [2.45, 2.75) is 19.5 Å². The van der Waals surface area contributed by atoms with E-state index in [-0.39, 0.29) is 17.1 Å². The Balaban J connectivity index is 1.58. The van der Waals surface area contributed by atoms with E-state index < -0.39 is 12.5 Å². The summed E-state index contributed by atoms with van der Waals surface area (Å²) in [5.74, 6) is -0.0217. The van der Waals surface area contributed by atoms with Crippen LogP contribution in [0.4, 0.5) is 20.3 Å². The topological polar surface area (TPSA) is 85.2 Å². The fourth-order valence-electron chi connectivity index (χ4n) is 3.20. The molecule has 0 unspecified atom stereocenters. The molecule has 0 bridgehead atoms. The zero-order valence-corrected chi connectivity index (χ0v) is 15.1. The first-order valence-corrected chi connectivity index (χ1v) is 8.80. The largest absolute Gasteiger partial charge is 0.433 e. The van der Waals surface area contributed by atoms with E-state index in [1.807, 2.05) is 0 Å². The van der Waals surface area contributed by atoms with E-state index >= 15 is 0 Å². The molecule has 8 nitrogen and oxygen atoms in total. The molecule has 1 saturated heterocycles. The van der Waals surface area contributed by atoms with Gasteiger partial charge in [0.1, 0.15) is 11.5 Å². The van der Waals surface area contributed by atoms with Crippen molar-refractivity contribution in [3.05, 3.63) is 36.4 Å². The van der Waals surface area contributed by atoms with Gasteiger partial charge in [0.2, 0.25) is 0 Å². The van der Waals surface area contributed by atoms with Crippen LogP contribution in [-0.2, 0) is 7.05 Å². The maximum atomic E-state index is 12.8. The van der Waals surface area contributed by atoms with Gasteiger partial charge in [0.15, 0.2) is 5.75 Å². The maximum absolute atomic E-state index is 12.8. The Kier molecular flexibility index (Phi) is 4.76. The number of carbonyl (C=O) groups excluding carboxylic acids is 1. The summed E-state index contributed by atoms with van der Waals surface area (Å²) in [5, 5.41) is 7.41. The minimum atomic E-state index is -3.03. The van der Waals surface area contributed by atoms with Crippen LogP contribution in [0.5, 0.6) is 5.75 Å². The predicted octanol–water partition coefficient (Wildman–Crippen LogP) is 2.82. The Morgan fingerprint density at radius 1 is 1.21 bits per heavy atom. The smallest absolute Gasteiger partial charge is 0.387 e. The maximum Gasteiger partial charge on any atom is 0.387 e. The van der Waals surface area contributed by atoms with E-state index in [0.29, 0.717) is 16.7 Å². The van der Waals surface area contributed by atoms with E-state index in [2.05, 4.69) is 30.0 Å². The third-order valence-electron chi connectivity index (χ3n) is 4.49. The van der Waals surface area contributed by atoms with Crippen LogP contribution in [0.2, 0.25) is 0 Å². The molecule has 0 saturated carbocycles. The Bertz CT molecular complexity index is 999. The highest BCUT2D eigenvalue weighted by molar-refractivity contribution is 6.04. The van der Waals surface area contributed by atoms with E-state index in [0.717, 1.165) is 25.9 Å². The van der Waals surface area contributed by atoms with Crippen LogP contribution in [0.25, 0.3) is 10.9 Å². The first kappa shape index (κ1) is 18.1. The van der Waals surface area contributed by atoms with Crippen molar-refractivity contribution in [3.8, 4) is 5.75 Å². The van der Waals surface area contributed by atoms with E-state index in [4.69, 9.17) is 0 Å². The van der Waals surface area contributed by atoms with Gasteiger partial charge >= 0.3 is 6.61 Å². The second kappa shape index (κ2) is 7.37. The van der Waals surface area contributed by atoms with Gasteiger partial charge < -0.3 is 15.0 Å². The zero-order valence-electron chi connectivity index (χ0n) is 15.1. The number of fused-ring (bicyclic) bond motifs is 1. The molecule has 0 radical (unpaired) electrons. The fourth-order valence-corrected chi connectivity index (χ4v) is 3.20. The van der Waals surface area contributed by atoms with Gasteiger partial charge in [0.05, 0.1) is 23.6 Å². The lowest BCUT2D eigenvalue weighted by molar-refractivity contribution is -0.0492. The molecule has 10 heteroatoms. The number of hydrogen-bond donors (Lipinski definition) is 1. The molecule has 1 aliphatic rings. The normalized spacial score (nSPS) is 14.1. The van der Waals surface area contributed by atoms with Gasteiger partial charge in [-0.2, -0.15) is 13.9 Å². The van der Waals surface area contributed by atoms with Gasteiger partial charge in [-0.15, -0.1) is 0 Å². The van der Waals surface area contributed by atoms with Crippen LogP contribution in [-0.4, -0.2) is 45.4 Å². The van der Waals surface area contributed by atoms with E-state index in [1.165, 1.54) is 18.3 Å². The molecule has 1 N–H and O–H groups in total. The summed E-state index contributed by atoms with van der Waals surface area (Å²) in [7, 11) is 1.71. The summed E-state index contributed by atoms with van der Waals surface area (Å²) < 4.78 is 31.6. The molecule has 1 fully saturated rings. The average Bonchev–Trinajstić information content (AvgIpc) is 3.30. The number of nitrogens with zero attached hydrogens (tertiary/aromatic N) is 5. The SMILES string of the molecule is Cn1cc2cc(NC(=O)c3cnc(N4CCCC4)cn3)c(OC(F)F)cc2n1. The van der Waals surface area contributed by atoms with Crippen molar-refractivity contribution in [2.24, 2.45) is 7.05 Å². The van der Waals surface area contributed by atoms with Crippen molar-refractivity contribution in [3.63, 3.8) is 0 Å². The number of ether oxygens (including phenoxy) is 1. The second-order valence-corrected chi connectivity index (χ2v) is 6.50. The minimum Gasteiger partial charge on any atom is -0.433 e. The first-order chi connectivity index (χ1) is 13.5. The average molecular weight is 388 g/mol. The Hall–Kier alpha value is -3.30. The zero-order chi connectivity index (χ0) is 19.7. The van der Waals surface area contributed by atoms with Gasteiger partial charge in [0.25, 0.3) is 5.91 Å². The number of rotatable bonds is 5. The Morgan fingerprint density at radius 3 is 2.68 bits per heavy atom. The van der Waals surface area contributed by atoms with Crippen LogP contribution in [0.15, 0.2) is 30.7 Å². The molecule has 3 aromatic rings. The van der Waals surface area contributed by atoms with Crippen LogP contribution >= 0.6 is 0 Å². The fraction of sp³-hybridized carbons (Fsp3) is 0.333. The summed E-state index contributed by atoms with van der Waals surface area (Å²) in [4.78, 5) is 23.1. The molecule has 28 heavy (non-hydrogen) atoms. The lowest BCUT2D eigenvalue weighted by atomic mass is 10.2. The van der Waals surface area contributed by atoms with Crippen molar-refractivity contribution in [1.82, 2.24) is 19.7 Å². The third kappa shape index (κ3) is 3.71. The molecule has 1 aromatic carbocycles. The number of anilines is 2. The summed E-state index contributed by atoms with van der Waals surface area (Å²) in [5.41, 5.74) is 0.666. The number of halogens is 2. The molecule has 2 aromatic heterocycles. The first-order valence-electron chi connectivity index (χ1n) is 8.80. The highest BCUT2D eigenvalue weighted by Gasteiger charge is 2.18. The third-order valence-corrected chi connectivity index (χ3v) is 4.49. The Labute approximate surface area is 159 Å². The molecule has 0 atom stereocenters. The standard InChI is InChI=1S/C18H18F2N6O2/c1-25-10-11-6-13(15(28-18(19)20)7-12(11)24-25)23-17(27)14-8-22-16(9-21-14)26-4-2-3-5-26/h6-10,18H,2-5H2,1H3,(H,23,27). The molecular weight excluding hydrogens is 370 g/mol. The molecule has 146 valence electrons. The molecular formula is C18H18F2N6O2.